The lowest BCUT2D eigenvalue weighted by molar-refractivity contribution is -0.185. The Bertz CT molecular complexity index is 694. The molecule has 1 fully saturated rings. The van der Waals surface area contributed by atoms with Gasteiger partial charge in [0.25, 0.3) is 0 Å². The minimum absolute atomic E-state index is 0.0529. The molecule has 0 aromatic carbocycles. The van der Waals surface area contributed by atoms with E-state index in [0.29, 0.717) is 12.8 Å². The largest absolute Gasteiger partial charge is 0.481 e. The van der Waals surface area contributed by atoms with Gasteiger partial charge in [-0.25, -0.2) is 0 Å². The molecule has 1 saturated carbocycles. The van der Waals surface area contributed by atoms with E-state index in [1.54, 1.807) is 0 Å². The van der Waals surface area contributed by atoms with Crippen LogP contribution in [0.1, 0.15) is 234 Å². The Morgan fingerprint density at radius 1 is 0.522 bits per heavy atom. The zero-order valence-corrected chi connectivity index (χ0v) is 31.7. The lowest BCUT2D eigenvalue weighted by Crippen LogP contribution is -2.49. The molecular weight excluding hydrogens is 568 g/mol. The summed E-state index contributed by atoms with van der Waals surface area (Å²) in [6.45, 7) is 11.2. The van der Waals surface area contributed by atoms with E-state index in [-0.39, 0.29) is 11.4 Å². The Labute approximate surface area is 287 Å². The van der Waals surface area contributed by atoms with Gasteiger partial charge in [0.1, 0.15) is 5.60 Å². The summed E-state index contributed by atoms with van der Waals surface area (Å²) < 4.78 is 6.59. The highest BCUT2D eigenvalue weighted by atomic mass is 16.6. The molecule has 272 valence electrons. The SMILES string of the molecule is CCCCCCCCCCC(CCCCCCCCCC)(CCCCCCCCCC)C(C)(C)OC(=O)C1CCCCC1C(=O)O. The molecule has 1 aliphatic carbocycles. The van der Waals surface area contributed by atoms with Crippen LogP contribution in [0.25, 0.3) is 0 Å². The van der Waals surface area contributed by atoms with Gasteiger partial charge in [0.05, 0.1) is 11.8 Å². The molecule has 0 spiro atoms. The van der Waals surface area contributed by atoms with Gasteiger partial charge in [0, 0.05) is 5.41 Å². The molecule has 1 N–H and O–H groups in total. The van der Waals surface area contributed by atoms with Crippen LogP contribution in [-0.4, -0.2) is 22.6 Å². The van der Waals surface area contributed by atoms with E-state index in [1.165, 1.54) is 154 Å². The van der Waals surface area contributed by atoms with Crippen molar-refractivity contribution < 1.29 is 19.4 Å². The van der Waals surface area contributed by atoms with Crippen LogP contribution in [-0.2, 0) is 14.3 Å². The summed E-state index contributed by atoms with van der Waals surface area (Å²) in [5.74, 6) is -2.18. The quantitative estimate of drug-likeness (QED) is 0.0600. The average Bonchev–Trinajstić information content (AvgIpc) is 3.04. The zero-order valence-electron chi connectivity index (χ0n) is 31.7. The molecule has 0 bridgehead atoms. The summed E-state index contributed by atoms with van der Waals surface area (Å²) in [5.41, 5.74) is -0.656. The molecule has 46 heavy (non-hydrogen) atoms. The lowest BCUT2D eigenvalue weighted by Gasteiger charge is -2.48. The standard InChI is InChI=1S/C42H80O4/c1-6-9-12-15-18-21-24-29-34-42(35-30-25-22-19-16-13-10-7-2,36-31-26-23-20-17-14-11-8-3)41(4,5)46-40(45)38-33-28-27-32-37(38)39(43)44/h37-38H,6-36H2,1-5H3,(H,43,44). The van der Waals surface area contributed by atoms with Gasteiger partial charge in [-0.15, -0.1) is 0 Å². The normalized spacial score (nSPS) is 17.3. The van der Waals surface area contributed by atoms with Crippen molar-refractivity contribution in [2.75, 3.05) is 0 Å². The molecule has 1 rings (SSSR count). The van der Waals surface area contributed by atoms with Gasteiger partial charge in [0.15, 0.2) is 0 Å². The molecule has 0 radical (unpaired) electrons. The predicted molar refractivity (Wildman–Crippen MR) is 197 cm³/mol. The molecule has 0 amide bonds. The van der Waals surface area contributed by atoms with Crippen LogP contribution in [0.15, 0.2) is 0 Å². The van der Waals surface area contributed by atoms with Gasteiger partial charge in [-0.1, -0.05) is 188 Å². The Morgan fingerprint density at radius 2 is 0.826 bits per heavy atom. The smallest absolute Gasteiger partial charge is 0.310 e. The summed E-state index contributed by atoms with van der Waals surface area (Å²) in [4.78, 5) is 25.9. The van der Waals surface area contributed by atoms with Crippen molar-refractivity contribution in [3.63, 3.8) is 0 Å². The maximum Gasteiger partial charge on any atom is 0.310 e. The Kier molecular flexibility index (Phi) is 25.1. The molecule has 4 heteroatoms. The summed E-state index contributed by atoms with van der Waals surface area (Å²) in [6.07, 6.45) is 37.7. The number of aliphatic carboxylic acids is 1. The van der Waals surface area contributed by atoms with Gasteiger partial charge in [-0.2, -0.15) is 0 Å². The third-order valence-electron chi connectivity index (χ3n) is 11.5. The van der Waals surface area contributed by atoms with Crippen molar-refractivity contribution >= 4 is 11.9 Å². The minimum atomic E-state index is -0.831. The van der Waals surface area contributed by atoms with E-state index in [2.05, 4.69) is 34.6 Å². The number of esters is 1. The van der Waals surface area contributed by atoms with Crippen molar-refractivity contribution in [1.82, 2.24) is 0 Å². The van der Waals surface area contributed by atoms with Crippen LogP contribution in [0, 0.1) is 17.3 Å². The molecule has 2 unspecified atom stereocenters. The fourth-order valence-corrected chi connectivity index (χ4v) is 8.21. The maximum absolute atomic E-state index is 13.8. The summed E-state index contributed by atoms with van der Waals surface area (Å²) in [6, 6.07) is 0. The van der Waals surface area contributed by atoms with E-state index in [0.717, 1.165) is 32.1 Å². The molecule has 2 atom stereocenters. The van der Waals surface area contributed by atoms with Gasteiger partial charge < -0.3 is 9.84 Å². The first-order valence-electron chi connectivity index (χ1n) is 20.7. The molecule has 4 nitrogen and oxygen atoms in total. The highest BCUT2D eigenvalue weighted by molar-refractivity contribution is 5.81. The number of ether oxygens (including phenoxy) is 1. The van der Waals surface area contributed by atoms with Crippen molar-refractivity contribution in [3.05, 3.63) is 0 Å². The third kappa shape index (κ3) is 17.9. The highest BCUT2D eigenvalue weighted by Gasteiger charge is 2.48. The first-order valence-corrected chi connectivity index (χ1v) is 20.7. The van der Waals surface area contributed by atoms with Crippen molar-refractivity contribution in [1.29, 1.82) is 0 Å². The van der Waals surface area contributed by atoms with Crippen LogP contribution in [0.4, 0.5) is 0 Å². The van der Waals surface area contributed by atoms with E-state index in [4.69, 9.17) is 4.74 Å². The van der Waals surface area contributed by atoms with E-state index in [1.807, 2.05) is 0 Å². The van der Waals surface area contributed by atoms with Gasteiger partial charge in [0.2, 0.25) is 0 Å². The highest BCUT2D eigenvalue weighted by Crippen LogP contribution is 2.49. The number of carbonyl (C=O) groups excluding carboxylic acids is 1. The van der Waals surface area contributed by atoms with Gasteiger partial charge >= 0.3 is 11.9 Å². The number of rotatable bonds is 31. The first kappa shape index (κ1) is 43.0. The second kappa shape index (κ2) is 26.8. The Morgan fingerprint density at radius 3 is 1.15 bits per heavy atom. The molecule has 0 aromatic rings. The van der Waals surface area contributed by atoms with E-state index in [9.17, 15) is 14.7 Å². The van der Waals surface area contributed by atoms with E-state index < -0.39 is 23.4 Å². The lowest BCUT2D eigenvalue weighted by atomic mass is 9.64. The van der Waals surface area contributed by atoms with Gasteiger partial charge in [-0.05, 0) is 46.0 Å². The topological polar surface area (TPSA) is 63.6 Å². The Hall–Kier alpha value is -1.06. The number of hydrogen-bond acceptors (Lipinski definition) is 3. The monoisotopic (exact) mass is 649 g/mol. The second-order valence-electron chi connectivity index (χ2n) is 15.7. The van der Waals surface area contributed by atoms with Crippen LogP contribution in [0.5, 0.6) is 0 Å². The fourth-order valence-electron chi connectivity index (χ4n) is 8.21. The minimum Gasteiger partial charge on any atom is -0.481 e. The van der Waals surface area contributed by atoms with Crippen LogP contribution < -0.4 is 0 Å². The first-order chi connectivity index (χ1) is 22.2. The second-order valence-corrected chi connectivity index (χ2v) is 15.7. The summed E-state index contributed by atoms with van der Waals surface area (Å²) >= 11 is 0. The predicted octanol–water partition coefficient (Wildman–Crippen LogP) is 13.8. The summed E-state index contributed by atoms with van der Waals surface area (Å²) in [7, 11) is 0. The molecule has 0 heterocycles. The average molecular weight is 649 g/mol. The third-order valence-corrected chi connectivity index (χ3v) is 11.5. The number of unbranched alkanes of at least 4 members (excludes halogenated alkanes) is 21. The van der Waals surface area contributed by atoms with Gasteiger partial charge in [-0.3, -0.25) is 9.59 Å². The Balaban J connectivity index is 3.03. The van der Waals surface area contributed by atoms with Crippen LogP contribution in [0.2, 0.25) is 0 Å². The number of carbonyl (C=O) groups is 2. The number of carboxylic acids is 1. The number of hydrogen-bond donors (Lipinski definition) is 1. The van der Waals surface area contributed by atoms with Crippen LogP contribution in [0.3, 0.4) is 0 Å². The molecular formula is C42H80O4. The van der Waals surface area contributed by atoms with Crippen molar-refractivity contribution in [2.45, 2.75) is 239 Å². The van der Waals surface area contributed by atoms with Crippen molar-refractivity contribution in [2.24, 2.45) is 17.3 Å². The zero-order chi connectivity index (χ0) is 33.9. The molecule has 0 saturated heterocycles. The molecule has 0 aromatic heterocycles. The maximum atomic E-state index is 13.8. The number of carboxylic acid groups (broad SMARTS) is 1. The summed E-state index contributed by atoms with van der Waals surface area (Å²) in [5, 5.41) is 9.91. The van der Waals surface area contributed by atoms with E-state index >= 15 is 0 Å². The van der Waals surface area contributed by atoms with Crippen LogP contribution >= 0.6 is 0 Å². The molecule has 1 aliphatic rings. The molecule has 0 aliphatic heterocycles. The fraction of sp³-hybridized carbons (Fsp3) is 0.952. The van der Waals surface area contributed by atoms with Crippen molar-refractivity contribution in [3.8, 4) is 0 Å².